The van der Waals surface area contributed by atoms with Crippen LogP contribution in [0, 0.1) is 5.82 Å². The van der Waals surface area contributed by atoms with Crippen molar-refractivity contribution in [2.45, 2.75) is 6.54 Å². The van der Waals surface area contributed by atoms with Crippen molar-refractivity contribution in [3.8, 4) is 10.4 Å². The second-order valence-electron chi connectivity index (χ2n) is 5.64. The molecule has 0 atom stereocenters. The van der Waals surface area contributed by atoms with Crippen LogP contribution in [0.1, 0.15) is 10.6 Å². The van der Waals surface area contributed by atoms with E-state index in [1.54, 1.807) is 42.7 Å². The fraction of sp³-hybridized carbons (Fsp3) is 0.0526. The SMILES string of the molecule is O=C1/C(=C\c2ccc(-c3ccccc3F)s2)NC(=S)N1Cc1ccco1. The molecule has 1 fully saturated rings. The van der Waals surface area contributed by atoms with Gasteiger partial charge < -0.3 is 9.73 Å². The van der Waals surface area contributed by atoms with Crippen LogP contribution in [0.4, 0.5) is 4.39 Å². The average molecular weight is 384 g/mol. The molecule has 1 aromatic carbocycles. The number of furan rings is 1. The van der Waals surface area contributed by atoms with Crippen LogP contribution in [0.3, 0.4) is 0 Å². The van der Waals surface area contributed by atoms with E-state index in [1.165, 1.54) is 22.3 Å². The minimum absolute atomic E-state index is 0.216. The Bertz CT molecular complexity index is 1010. The summed E-state index contributed by atoms with van der Waals surface area (Å²) in [5, 5.41) is 3.27. The number of nitrogens with one attached hydrogen (secondary N) is 1. The van der Waals surface area contributed by atoms with Crippen LogP contribution in [-0.2, 0) is 11.3 Å². The van der Waals surface area contributed by atoms with Gasteiger partial charge in [0.1, 0.15) is 17.3 Å². The van der Waals surface area contributed by atoms with E-state index in [1.807, 2.05) is 12.1 Å². The number of amides is 1. The third-order valence-electron chi connectivity index (χ3n) is 3.91. The number of hydrogen-bond donors (Lipinski definition) is 1. The van der Waals surface area contributed by atoms with Gasteiger partial charge in [0.15, 0.2) is 5.11 Å². The molecule has 4 rings (SSSR count). The molecule has 1 saturated heterocycles. The Morgan fingerprint density at radius 1 is 1.19 bits per heavy atom. The summed E-state index contributed by atoms with van der Waals surface area (Å²) in [5.41, 5.74) is 0.936. The predicted octanol–water partition coefficient (Wildman–Crippen LogP) is 4.41. The Balaban J connectivity index is 1.56. The third kappa shape index (κ3) is 3.18. The van der Waals surface area contributed by atoms with E-state index in [2.05, 4.69) is 5.32 Å². The number of carbonyl (C=O) groups is 1. The van der Waals surface area contributed by atoms with E-state index in [9.17, 15) is 9.18 Å². The summed E-state index contributed by atoms with van der Waals surface area (Å²) < 4.78 is 19.2. The molecule has 1 N–H and O–H groups in total. The summed E-state index contributed by atoms with van der Waals surface area (Å²) in [7, 11) is 0. The van der Waals surface area contributed by atoms with Crippen LogP contribution >= 0.6 is 23.6 Å². The lowest BCUT2D eigenvalue weighted by Crippen LogP contribution is -2.29. The first-order valence-electron chi connectivity index (χ1n) is 7.83. The summed E-state index contributed by atoms with van der Waals surface area (Å²) in [6, 6.07) is 13.9. The van der Waals surface area contributed by atoms with Crippen molar-refractivity contribution < 1.29 is 13.6 Å². The molecule has 0 spiro atoms. The van der Waals surface area contributed by atoms with Crippen molar-refractivity contribution >= 4 is 40.7 Å². The van der Waals surface area contributed by atoms with Crippen molar-refractivity contribution in [1.29, 1.82) is 0 Å². The van der Waals surface area contributed by atoms with Crippen molar-refractivity contribution in [2.24, 2.45) is 0 Å². The van der Waals surface area contributed by atoms with Crippen molar-refractivity contribution in [3.63, 3.8) is 0 Å². The fourth-order valence-corrected chi connectivity index (χ4v) is 3.89. The largest absolute Gasteiger partial charge is 0.467 e. The number of rotatable bonds is 4. The maximum atomic E-state index is 13.9. The van der Waals surface area contributed by atoms with Crippen molar-refractivity contribution in [1.82, 2.24) is 10.2 Å². The molecule has 3 aromatic rings. The van der Waals surface area contributed by atoms with Gasteiger partial charge in [-0.3, -0.25) is 9.69 Å². The van der Waals surface area contributed by atoms with Gasteiger partial charge in [-0.1, -0.05) is 18.2 Å². The van der Waals surface area contributed by atoms with E-state index in [4.69, 9.17) is 16.6 Å². The Hall–Kier alpha value is -2.77. The molecular weight excluding hydrogens is 371 g/mol. The zero-order valence-corrected chi connectivity index (χ0v) is 15.1. The van der Waals surface area contributed by atoms with E-state index < -0.39 is 0 Å². The smallest absolute Gasteiger partial charge is 0.276 e. The summed E-state index contributed by atoms with van der Waals surface area (Å²) in [6.07, 6.45) is 3.28. The normalized spacial score (nSPS) is 15.7. The number of thiocarbonyl (C=S) groups is 1. The zero-order valence-electron chi connectivity index (χ0n) is 13.4. The molecule has 26 heavy (non-hydrogen) atoms. The molecule has 0 radical (unpaired) electrons. The highest BCUT2D eigenvalue weighted by molar-refractivity contribution is 7.80. The molecule has 0 unspecified atom stereocenters. The number of carbonyl (C=O) groups excluding carboxylic acids is 1. The number of hydrogen-bond acceptors (Lipinski definition) is 4. The van der Waals surface area contributed by atoms with E-state index >= 15 is 0 Å². The quantitative estimate of drug-likeness (QED) is 0.535. The Kier molecular flexibility index (Phi) is 4.40. The first-order valence-corrected chi connectivity index (χ1v) is 9.06. The summed E-state index contributed by atoms with van der Waals surface area (Å²) in [4.78, 5) is 15.7. The lowest BCUT2D eigenvalue weighted by atomic mass is 10.2. The molecule has 1 amide bonds. The Morgan fingerprint density at radius 2 is 2.04 bits per heavy atom. The second kappa shape index (κ2) is 6.86. The topological polar surface area (TPSA) is 45.5 Å². The van der Waals surface area contributed by atoms with Crippen LogP contribution in [0.25, 0.3) is 16.5 Å². The minimum Gasteiger partial charge on any atom is -0.467 e. The van der Waals surface area contributed by atoms with Crippen molar-refractivity contribution in [3.05, 3.63) is 76.9 Å². The minimum atomic E-state index is -0.269. The molecule has 0 saturated carbocycles. The van der Waals surface area contributed by atoms with E-state index in [-0.39, 0.29) is 18.3 Å². The van der Waals surface area contributed by atoms with Gasteiger partial charge in [-0.25, -0.2) is 4.39 Å². The molecule has 7 heteroatoms. The maximum absolute atomic E-state index is 13.9. The number of benzene rings is 1. The number of nitrogens with zero attached hydrogens (tertiary/aromatic N) is 1. The van der Waals surface area contributed by atoms with Crippen LogP contribution < -0.4 is 5.32 Å². The highest BCUT2D eigenvalue weighted by Crippen LogP contribution is 2.31. The fourth-order valence-electron chi connectivity index (χ4n) is 2.65. The summed E-state index contributed by atoms with van der Waals surface area (Å²) >= 11 is 6.66. The molecule has 3 heterocycles. The first-order chi connectivity index (χ1) is 12.6. The average Bonchev–Trinajstić information content (AvgIpc) is 3.35. The monoisotopic (exact) mass is 384 g/mol. The molecular formula is C19H13FN2O2S2. The second-order valence-corrected chi connectivity index (χ2v) is 7.14. The van der Waals surface area contributed by atoms with Gasteiger partial charge in [0.2, 0.25) is 0 Å². The molecule has 2 aromatic heterocycles. The molecule has 4 nitrogen and oxygen atoms in total. The highest BCUT2D eigenvalue weighted by Gasteiger charge is 2.31. The lowest BCUT2D eigenvalue weighted by Gasteiger charge is -2.11. The van der Waals surface area contributed by atoms with Gasteiger partial charge >= 0.3 is 0 Å². The van der Waals surface area contributed by atoms with E-state index in [0.29, 0.717) is 22.1 Å². The number of halogens is 1. The van der Waals surface area contributed by atoms with Crippen LogP contribution in [-0.4, -0.2) is 15.9 Å². The van der Waals surface area contributed by atoms with Gasteiger partial charge in [-0.05, 0) is 48.6 Å². The molecule has 130 valence electrons. The van der Waals surface area contributed by atoms with Crippen molar-refractivity contribution in [2.75, 3.05) is 0 Å². The molecule has 0 bridgehead atoms. The van der Waals surface area contributed by atoms with Gasteiger partial charge in [0.25, 0.3) is 5.91 Å². The van der Waals surface area contributed by atoms with Crippen LogP contribution in [0.15, 0.2) is 64.9 Å². The third-order valence-corrected chi connectivity index (χ3v) is 5.30. The first kappa shape index (κ1) is 16.7. The van der Waals surface area contributed by atoms with Crippen LogP contribution in [0.2, 0.25) is 0 Å². The standard InChI is InChI=1S/C19H13FN2O2S2/c20-15-6-2-1-5-14(15)17-8-7-13(26-17)10-16-18(23)22(19(25)21-16)11-12-4-3-9-24-12/h1-10H,11H2,(H,21,25)/b16-10+. The molecule has 0 aliphatic carbocycles. The summed E-state index contributed by atoms with van der Waals surface area (Å²) in [6.45, 7) is 0.278. The predicted molar refractivity (Wildman–Crippen MR) is 103 cm³/mol. The highest BCUT2D eigenvalue weighted by atomic mass is 32.1. The summed E-state index contributed by atoms with van der Waals surface area (Å²) in [5.74, 6) is 0.170. The van der Waals surface area contributed by atoms with Gasteiger partial charge in [0, 0.05) is 15.3 Å². The van der Waals surface area contributed by atoms with E-state index in [0.717, 1.165) is 9.75 Å². The van der Waals surface area contributed by atoms with Gasteiger partial charge in [0.05, 0.1) is 12.8 Å². The maximum Gasteiger partial charge on any atom is 0.276 e. The molecule has 1 aliphatic rings. The Labute approximate surface area is 158 Å². The van der Waals surface area contributed by atoms with Gasteiger partial charge in [-0.15, -0.1) is 11.3 Å². The van der Waals surface area contributed by atoms with Gasteiger partial charge in [-0.2, -0.15) is 0 Å². The number of thiophene rings is 1. The van der Waals surface area contributed by atoms with Crippen LogP contribution in [0.5, 0.6) is 0 Å². The molecule has 1 aliphatic heterocycles. The zero-order chi connectivity index (χ0) is 18.1. The lowest BCUT2D eigenvalue weighted by molar-refractivity contribution is -0.122. The Morgan fingerprint density at radius 3 is 2.81 bits per heavy atom.